The Kier molecular flexibility index (Phi) is 13.0. The smallest absolute Gasteiger partial charge is 0.328 e. The van der Waals surface area contributed by atoms with Gasteiger partial charge in [0.05, 0.1) is 18.5 Å². The number of carboxylic acids is 4. The minimum absolute atomic E-state index is 0.447. The molecule has 152 valence electrons. The maximum absolute atomic E-state index is 9.53. The SMILES string of the molecule is C1CCC2C[NH2+]CC[NH+]2CC1.O=C([O-])/C=C/C(=O)O.O=C([O-])/C=C/C(=O)O. The summed E-state index contributed by atoms with van der Waals surface area (Å²) in [7, 11) is 0. The predicted octanol–water partition coefficient (Wildman–Crippen LogP) is -4.85. The predicted molar refractivity (Wildman–Crippen MR) is 88.2 cm³/mol. The van der Waals surface area contributed by atoms with Gasteiger partial charge in [0.25, 0.3) is 0 Å². The molecule has 0 aliphatic carbocycles. The van der Waals surface area contributed by atoms with Crippen LogP contribution >= 0.6 is 0 Å². The number of fused-ring (bicyclic) bond motifs is 1. The highest BCUT2D eigenvalue weighted by Crippen LogP contribution is 2.04. The molecule has 0 amide bonds. The zero-order valence-electron chi connectivity index (χ0n) is 15.0. The van der Waals surface area contributed by atoms with Gasteiger partial charge in [-0.25, -0.2) is 9.59 Å². The van der Waals surface area contributed by atoms with Crippen LogP contribution in [0.15, 0.2) is 24.3 Å². The van der Waals surface area contributed by atoms with Gasteiger partial charge in [-0.2, -0.15) is 0 Å². The number of rotatable bonds is 4. The molecule has 27 heavy (non-hydrogen) atoms. The Hall–Kier alpha value is -2.72. The van der Waals surface area contributed by atoms with Gasteiger partial charge in [-0.05, 0) is 31.4 Å². The first kappa shape index (κ1) is 24.3. The van der Waals surface area contributed by atoms with Crippen molar-refractivity contribution in [3.05, 3.63) is 24.3 Å². The fourth-order valence-corrected chi connectivity index (χ4v) is 2.83. The van der Waals surface area contributed by atoms with Crippen molar-refractivity contribution in [2.45, 2.75) is 31.7 Å². The third-order valence-electron chi connectivity index (χ3n) is 3.97. The second-order valence-corrected chi connectivity index (χ2v) is 6.00. The number of carbonyl (C=O) groups is 4. The van der Waals surface area contributed by atoms with Crippen LogP contribution in [0.2, 0.25) is 0 Å². The standard InChI is InChI=1S/C9H18N2.2C4H4O4/c1-2-4-9-8-10-5-7-11(9)6-3-1;2*5-3(6)1-2-4(7)8/h9-10H,1-8H2;2*1-2H,(H,5,6)(H,7,8)/b;2*2-1+. The van der Waals surface area contributed by atoms with Crippen LogP contribution in [-0.2, 0) is 19.2 Å². The number of nitrogens with one attached hydrogen (secondary N) is 1. The van der Waals surface area contributed by atoms with Gasteiger partial charge in [0.15, 0.2) is 0 Å². The molecular weight excluding hydrogens is 360 g/mol. The molecule has 2 saturated heterocycles. The van der Waals surface area contributed by atoms with Crippen LogP contribution in [0.4, 0.5) is 0 Å². The molecule has 0 bridgehead atoms. The molecule has 2 unspecified atom stereocenters. The van der Waals surface area contributed by atoms with E-state index in [1.54, 1.807) is 0 Å². The number of piperazine rings is 1. The molecule has 2 atom stereocenters. The highest BCUT2D eigenvalue weighted by molar-refractivity contribution is 5.89. The normalized spacial score (nSPS) is 21.6. The summed E-state index contributed by atoms with van der Waals surface area (Å²) in [4.78, 5) is 39.8. The van der Waals surface area contributed by atoms with Gasteiger partial charge in [-0.3, -0.25) is 0 Å². The number of quaternary nitrogens is 2. The quantitative estimate of drug-likeness (QED) is 0.348. The lowest BCUT2D eigenvalue weighted by molar-refractivity contribution is -0.970. The number of carboxylic acid groups (broad SMARTS) is 4. The van der Waals surface area contributed by atoms with Gasteiger partial charge in [0.1, 0.15) is 25.7 Å². The van der Waals surface area contributed by atoms with E-state index in [0.29, 0.717) is 24.3 Å². The van der Waals surface area contributed by atoms with Crippen molar-refractivity contribution in [3.8, 4) is 0 Å². The molecule has 2 aliphatic rings. The summed E-state index contributed by atoms with van der Waals surface area (Å²) in [5, 5.41) is 37.0. The third-order valence-corrected chi connectivity index (χ3v) is 3.97. The van der Waals surface area contributed by atoms with Crippen LogP contribution in [0.3, 0.4) is 0 Å². The number of carbonyl (C=O) groups excluding carboxylic acids is 2. The average Bonchev–Trinajstić information content (AvgIpc) is 2.85. The lowest BCUT2D eigenvalue weighted by Crippen LogP contribution is -3.23. The maximum Gasteiger partial charge on any atom is 0.328 e. The van der Waals surface area contributed by atoms with Crippen LogP contribution < -0.4 is 20.4 Å². The molecule has 2 heterocycles. The largest absolute Gasteiger partial charge is 0.545 e. The topological polar surface area (TPSA) is 176 Å². The fraction of sp³-hybridized carbons (Fsp3) is 0.529. The highest BCUT2D eigenvalue weighted by atomic mass is 16.4. The first-order chi connectivity index (χ1) is 12.7. The molecular formula is C17H26N2O8. The van der Waals surface area contributed by atoms with E-state index in [4.69, 9.17) is 10.2 Å². The van der Waals surface area contributed by atoms with E-state index in [1.165, 1.54) is 51.9 Å². The van der Waals surface area contributed by atoms with Gasteiger partial charge in [0.2, 0.25) is 0 Å². The van der Waals surface area contributed by atoms with Crippen molar-refractivity contribution in [1.82, 2.24) is 0 Å². The monoisotopic (exact) mass is 386 g/mol. The number of aliphatic carboxylic acids is 4. The van der Waals surface area contributed by atoms with Gasteiger partial charge in [-0.1, -0.05) is 0 Å². The molecule has 0 aromatic carbocycles. The summed E-state index contributed by atoms with van der Waals surface area (Å²) < 4.78 is 0. The molecule has 0 spiro atoms. The zero-order chi connectivity index (χ0) is 20.7. The van der Waals surface area contributed by atoms with Crippen molar-refractivity contribution >= 4 is 23.9 Å². The summed E-state index contributed by atoms with van der Waals surface area (Å²) in [6, 6.07) is 1.01. The molecule has 2 aliphatic heterocycles. The Labute approximate surface area is 156 Å². The van der Waals surface area contributed by atoms with E-state index in [-0.39, 0.29) is 0 Å². The Morgan fingerprint density at radius 2 is 1.41 bits per heavy atom. The second kappa shape index (κ2) is 14.4. The van der Waals surface area contributed by atoms with E-state index < -0.39 is 23.9 Å². The number of hydrogen-bond acceptors (Lipinski definition) is 6. The van der Waals surface area contributed by atoms with E-state index >= 15 is 0 Å². The van der Waals surface area contributed by atoms with Gasteiger partial charge >= 0.3 is 11.9 Å². The third kappa shape index (κ3) is 15.3. The molecule has 0 aromatic rings. The van der Waals surface area contributed by atoms with Crippen LogP contribution in [0.25, 0.3) is 0 Å². The van der Waals surface area contributed by atoms with Crippen LogP contribution in [0, 0.1) is 0 Å². The van der Waals surface area contributed by atoms with Crippen LogP contribution in [0.5, 0.6) is 0 Å². The number of hydrogen-bond donors (Lipinski definition) is 4. The van der Waals surface area contributed by atoms with E-state index in [2.05, 4.69) is 5.32 Å². The minimum Gasteiger partial charge on any atom is -0.545 e. The summed E-state index contributed by atoms with van der Waals surface area (Å²) in [5.74, 6) is -5.61. The van der Waals surface area contributed by atoms with Gasteiger partial charge in [-0.15, -0.1) is 0 Å². The second-order valence-electron chi connectivity index (χ2n) is 6.00. The average molecular weight is 386 g/mol. The summed E-state index contributed by atoms with van der Waals surface area (Å²) in [5.41, 5.74) is 0. The first-order valence-electron chi connectivity index (χ1n) is 8.62. The molecule has 0 radical (unpaired) electrons. The molecule has 2 fully saturated rings. The maximum atomic E-state index is 9.53. The van der Waals surface area contributed by atoms with Crippen LogP contribution in [-0.4, -0.2) is 66.3 Å². The Balaban J connectivity index is 0.000000387. The molecule has 2 rings (SSSR count). The van der Waals surface area contributed by atoms with Crippen LogP contribution in [0.1, 0.15) is 25.7 Å². The molecule has 0 aromatic heterocycles. The zero-order valence-corrected chi connectivity index (χ0v) is 15.0. The molecule has 10 nitrogen and oxygen atoms in total. The lowest BCUT2D eigenvalue weighted by Gasteiger charge is -2.29. The fourth-order valence-electron chi connectivity index (χ4n) is 2.83. The summed E-state index contributed by atoms with van der Waals surface area (Å²) in [6.07, 6.45) is 7.83. The molecule has 0 saturated carbocycles. The van der Waals surface area contributed by atoms with E-state index in [9.17, 15) is 29.4 Å². The van der Waals surface area contributed by atoms with Crippen molar-refractivity contribution in [3.63, 3.8) is 0 Å². The van der Waals surface area contributed by atoms with E-state index in [1.807, 2.05) is 4.90 Å². The Morgan fingerprint density at radius 1 is 0.852 bits per heavy atom. The van der Waals surface area contributed by atoms with Crippen molar-refractivity contribution < 1.29 is 49.8 Å². The minimum atomic E-state index is -1.51. The molecule has 5 N–H and O–H groups in total. The summed E-state index contributed by atoms with van der Waals surface area (Å²) in [6.45, 7) is 5.64. The Bertz CT molecular complexity index is 479. The number of nitrogens with two attached hydrogens (primary N) is 1. The van der Waals surface area contributed by atoms with Crippen molar-refractivity contribution in [2.75, 3.05) is 26.2 Å². The van der Waals surface area contributed by atoms with Gasteiger partial charge < -0.3 is 40.2 Å². The molecule has 10 heteroatoms. The highest BCUT2D eigenvalue weighted by Gasteiger charge is 2.28. The van der Waals surface area contributed by atoms with E-state index in [0.717, 1.165) is 6.04 Å². The Morgan fingerprint density at radius 3 is 1.85 bits per heavy atom. The summed E-state index contributed by atoms with van der Waals surface area (Å²) >= 11 is 0. The first-order valence-corrected chi connectivity index (χ1v) is 8.62. The lowest BCUT2D eigenvalue weighted by atomic mass is 10.1. The van der Waals surface area contributed by atoms with Crippen molar-refractivity contribution in [2.24, 2.45) is 0 Å². The van der Waals surface area contributed by atoms with Crippen molar-refractivity contribution in [1.29, 1.82) is 0 Å². The van der Waals surface area contributed by atoms with Gasteiger partial charge in [0, 0.05) is 18.6 Å².